The first-order chi connectivity index (χ1) is 18.1. The molecule has 4 aromatic rings. The van der Waals surface area contributed by atoms with Gasteiger partial charge in [0, 0.05) is 11.7 Å². The summed E-state index contributed by atoms with van der Waals surface area (Å²) in [5.74, 6) is 0.336. The minimum atomic E-state index is -4.01. The molecule has 0 fully saturated rings. The van der Waals surface area contributed by atoms with Crippen molar-refractivity contribution in [1.29, 1.82) is 0 Å². The van der Waals surface area contributed by atoms with Gasteiger partial charge in [0.05, 0.1) is 34.5 Å². The molecule has 0 saturated heterocycles. The van der Waals surface area contributed by atoms with E-state index in [4.69, 9.17) is 9.47 Å². The fraction of sp³-hybridized carbons (Fsp3) is 0.259. The molecule has 1 amide bonds. The molecule has 9 nitrogen and oxygen atoms in total. The molecule has 0 radical (unpaired) electrons. The molecule has 2 heterocycles. The van der Waals surface area contributed by atoms with Crippen LogP contribution in [-0.4, -0.2) is 38.7 Å². The molecular formula is C27H27N3O6S2. The van der Waals surface area contributed by atoms with Gasteiger partial charge in [0.25, 0.3) is 15.9 Å². The second-order valence-electron chi connectivity index (χ2n) is 9.29. The fourth-order valence-corrected chi connectivity index (χ4v) is 6.95. The van der Waals surface area contributed by atoms with Crippen LogP contribution in [0.4, 0.5) is 11.4 Å². The number of nitrogens with one attached hydrogen (secondary N) is 1. The summed E-state index contributed by atoms with van der Waals surface area (Å²) in [6, 6.07) is 16.5. The molecular weight excluding hydrogens is 526 g/mol. The zero-order valence-electron chi connectivity index (χ0n) is 21.3. The zero-order valence-corrected chi connectivity index (χ0v) is 22.9. The van der Waals surface area contributed by atoms with Crippen molar-refractivity contribution in [3.8, 4) is 11.5 Å². The van der Waals surface area contributed by atoms with Crippen molar-refractivity contribution >= 4 is 48.9 Å². The summed E-state index contributed by atoms with van der Waals surface area (Å²) in [5.41, 5.74) is 2.50. The monoisotopic (exact) mass is 553 g/mol. The van der Waals surface area contributed by atoms with Crippen LogP contribution < -0.4 is 24.0 Å². The molecule has 1 atom stereocenters. The van der Waals surface area contributed by atoms with Gasteiger partial charge in [-0.2, -0.15) is 0 Å². The SMILES string of the molecule is COc1ccc(S(=O)(=O)N2CC(C(=O)Nc3ccc4c(c3)sc(=O)n4C(C)C)Oc3cc(C)ccc32)cc1. The van der Waals surface area contributed by atoms with Gasteiger partial charge in [-0.1, -0.05) is 17.4 Å². The third-order valence-corrected chi connectivity index (χ3v) is 9.03. The lowest BCUT2D eigenvalue weighted by molar-refractivity contribution is -0.122. The van der Waals surface area contributed by atoms with E-state index in [2.05, 4.69) is 5.32 Å². The van der Waals surface area contributed by atoms with Crippen molar-refractivity contribution in [1.82, 2.24) is 4.57 Å². The van der Waals surface area contributed by atoms with Crippen molar-refractivity contribution in [3.63, 3.8) is 0 Å². The third kappa shape index (κ3) is 4.63. The highest BCUT2D eigenvalue weighted by molar-refractivity contribution is 7.92. The Hall–Kier alpha value is -3.83. The van der Waals surface area contributed by atoms with E-state index in [9.17, 15) is 18.0 Å². The van der Waals surface area contributed by atoms with Gasteiger partial charge >= 0.3 is 4.87 Å². The Morgan fingerprint density at radius 3 is 2.53 bits per heavy atom. The van der Waals surface area contributed by atoms with E-state index in [1.807, 2.05) is 20.8 Å². The molecule has 0 saturated carbocycles. The Morgan fingerprint density at radius 1 is 1.11 bits per heavy atom. The van der Waals surface area contributed by atoms with E-state index in [1.54, 1.807) is 53.1 Å². The van der Waals surface area contributed by atoms with Crippen molar-refractivity contribution in [2.45, 2.75) is 37.8 Å². The fourth-order valence-electron chi connectivity index (χ4n) is 4.43. The van der Waals surface area contributed by atoms with E-state index in [-0.39, 0.29) is 22.4 Å². The number of hydrogen-bond donors (Lipinski definition) is 1. The maximum absolute atomic E-state index is 13.7. The highest BCUT2D eigenvalue weighted by Gasteiger charge is 2.37. The molecule has 38 heavy (non-hydrogen) atoms. The number of thiazole rings is 1. The van der Waals surface area contributed by atoms with Gasteiger partial charge < -0.3 is 14.8 Å². The van der Waals surface area contributed by atoms with Gasteiger partial charge in [0.1, 0.15) is 11.5 Å². The maximum atomic E-state index is 13.7. The summed E-state index contributed by atoms with van der Waals surface area (Å²) >= 11 is 1.11. The van der Waals surface area contributed by atoms with E-state index >= 15 is 0 Å². The minimum Gasteiger partial charge on any atom is -0.497 e. The Kier molecular flexibility index (Phi) is 6.66. The predicted octanol–water partition coefficient (Wildman–Crippen LogP) is 4.56. The summed E-state index contributed by atoms with van der Waals surface area (Å²) in [7, 11) is -2.50. The van der Waals surface area contributed by atoms with Gasteiger partial charge in [0.2, 0.25) is 0 Å². The minimum absolute atomic E-state index is 0.00879. The topological polar surface area (TPSA) is 107 Å². The summed E-state index contributed by atoms with van der Waals surface area (Å²) in [4.78, 5) is 25.7. The van der Waals surface area contributed by atoms with Crippen LogP contribution in [0.3, 0.4) is 0 Å². The van der Waals surface area contributed by atoms with E-state index in [0.29, 0.717) is 22.9 Å². The molecule has 0 aliphatic carbocycles. The first kappa shape index (κ1) is 25.8. The molecule has 1 aliphatic rings. The van der Waals surface area contributed by atoms with Crippen LogP contribution in [0.2, 0.25) is 0 Å². The maximum Gasteiger partial charge on any atom is 0.308 e. The summed E-state index contributed by atoms with van der Waals surface area (Å²) < 4.78 is 42.1. The first-order valence-electron chi connectivity index (χ1n) is 12.0. The van der Waals surface area contributed by atoms with Gasteiger partial charge in [0.15, 0.2) is 6.10 Å². The Balaban J connectivity index is 1.46. The summed E-state index contributed by atoms with van der Waals surface area (Å²) in [6.45, 7) is 5.53. The molecule has 5 rings (SSSR count). The number of benzene rings is 3. The lowest BCUT2D eigenvalue weighted by Gasteiger charge is -2.35. The number of sulfonamides is 1. The molecule has 11 heteroatoms. The Bertz CT molecular complexity index is 1690. The standard InChI is InChI=1S/C27H27N3O6S2/c1-16(2)30-22-12-6-18(14-25(22)37-27(30)32)28-26(31)24-15-29(21-11-5-17(3)13-23(21)36-24)38(33,34)20-9-7-19(35-4)8-10-20/h5-14,16,24H,15H2,1-4H3,(H,28,31). The second-order valence-corrected chi connectivity index (χ2v) is 12.1. The number of hydrogen-bond acceptors (Lipinski definition) is 7. The van der Waals surface area contributed by atoms with Crippen LogP contribution in [0.25, 0.3) is 10.2 Å². The number of fused-ring (bicyclic) bond motifs is 2. The van der Waals surface area contributed by atoms with E-state index < -0.39 is 22.0 Å². The van der Waals surface area contributed by atoms with Crippen LogP contribution >= 0.6 is 11.3 Å². The summed E-state index contributed by atoms with van der Waals surface area (Å²) in [6.07, 6.45) is -1.10. The van der Waals surface area contributed by atoms with Crippen molar-refractivity contribution < 1.29 is 22.7 Å². The number of amides is 1. The van der Waals surface area contributed by atoms with Crippen LogP contribution in [0.5, 0.6) is 11.5 Å². The highest BCUT2D eigenvalue weighted by atomic mass is 32.2. The molecule has 0 bridgehead atoms. The first-order valence-corrected chi connectivity index (χ1v) is 14.2. The number of nitrogens with zero attached hydrogens (tertiary/aromatic N) is 2. The number of aryl methyl sites for hydroxylation is 1. The van der Waals surface area contributed by atoms with Gasteiger partial charge in [-0.05, 0) is 80.9 Å². The van der Waals surface area contributed by atoms with Gasteiger partial charge in [-0.3, -0.25) is 18.5 Å². The second kappa shape index (κ2) is 9.80. The number of rotatable bonds is 6. The molecule has 1 unspecified atom stereocenters. The van der Waals surface area contributed by atoms with Crippen LogP contribution in [-0.2, 0) is 14.8 Å². The molecule has 1 aliphatic heterocycles. The van der Waals surface area contributed by atoms with Crippen molar-refractivity contribution in [2.24, 2.45) is 0 Å². The van der Waals surface area contributed by atoms with Crippen molar-refractivity contribution in [2.75, 3.05) is 23.3 Å². The largest absolute Gasteiger partial charge is 0.497 e. The average molecular weight is 554 g/mol. The number of carbonyl (C=O) groups is 1. The summed E-state index contributed by atoms with van der Waals surface area (Å²) in [5, 5.41) is 2.83. The Labute approximate surface area is 224 Å². The van der Waals surface area contributed by atoms with Gasteiger partial charge in [-0.25, -0.2) is 8.42 Å². The number of methoxy groups -OCH3 is 1. The number of ether oxygens (including phenoxy) is 2. The quantitative estimate of drug-likeness (QED) is 0.375. The number of anilines is 2. The lowest BCUT2D eigenvalue weighted by atomic mass is 10.1. The molecule has 3 aromatic carbocycles. The zero-order chi connectivity index (χ0) is 27.2. The molecule has 1 N–H and O–H groups in total. The van der Waals surface area contributed by atoms with Gasteiger partial charge in [-0.15, -0.1) is 0 Å². The predicted molar refractivity (Wildman–Crippen MR) is 148 cm³/mol. The Morgan fingerprint density at radius 2 is 1.84 bits per heavy atom. The van der Waals surface area contributed by atoms with Crippen molar-refractivity contribution in [3.05, 3.63) is 75.9 Å². The molecule has 1 aromatic heterocycles. The normalized spacial score (nSPS) is 15.3. The van der Waals surface area contributed by atoms with Crippen LogP contribution in [0.15, 0.2) is 70.4 Å². The van der Waals surface area contributed by atoms with E-state index in [0.717, 1.165) is 27.1 Å². The molecule has 198 valence electrons. The highest BCUT2D eigenvalue weighted by Crippen LogP contribution is 2.38. The number of carbonyl (C=O) groups excluding carboxylic acids is 1. The smallest absolute Gasteiger partial charge is 0.308 e. The average Bonchev–Trinajstić information content (AvgIpc) is 3.22. The third-order valence-electron chi connectivity index (χ3n) is 6.32. The van der Waals surface area contributed by atoms with Crippen LogP contribution in [0, 0.1) is 6.92 Å². The van der Waals surface area contributed by atoms with Crippen LogP contribution in [0.1, 0.15) is 25.5 Å². The molecule has 0 spiro atoms. The number of aromatic nitrogens is 1. The lowest BCUT2D eigenvalue weighted by Crippen LogP contribution is -2.48. The van der Waals surface area contributed by atoms with E-state index in [1.165, 1.54) is 23.5 Å².